The summed E-state index contributed by atoms with van der Waals surface area (Å²) in [5.74, 6) is 1.34. The van der Waals surface area contributed by atoms with Crippen molar-refractivity contribution in [2.45, 2.75) is 38.5 Å². The number of aromatic hydroxyl groups is 1. The molecule has 0 spiro atoms. The Morgan fingerprint density at radius 1 is 0.955 bits per heavy atom. The number of phenolic OH excluding ortho intramolecular Hbond substituents is 1. The molecule has 0 heterocycles. The summed E-state index contributed by atoms with van der Waals surface area (Å²) in [4.78, 5) is 0. The molecule has 0 bridgehead atoms. The van der Waals surface area contributed by atoms with Gasteiger partial charge in [0.05, 0.1) is 0 Å². The molecule has 0 aliphatic carbocycles. The quantitative estimate of drug-likeness (QED) is 0.754. The predicted molar refractivity (Wildman–Crippen MR) is 93.1 cm³/mol. The Bertz CT molecular complexity index is 553. The van der Waals surface area contributed by atoms with Gasteiger partial charge < -0.3 is 10.8 Å². The summed E-state index contributed by atoms with van der Waals surface area (Å²) >= 11 is 0. The highest BCUT2D eigenvalue weighted by atomic mass is 16.3. The van der Waals surface area contributed by atoms with Crippen molar-refractivity contribution in [1.29, 1.82) is 0 Å². The minimum absolute atomic E-state index is 0.355. The predicted octanol–water partition coefficient (Wildman–Crippen LogP) is 4.48. The molecule has 0 saturated heterocycles. The van der Waals surface area contributed by atoms with Gasteiger partial charge in [0.15, 0.2) is 0 Å². The molecule has 22 heavy (non-hydrogen) atoms. The van der Waals surface area contributed by atoms with Crippen LogP contribution >= 0.6 is 0 Å². The molecule has 0 radical (unpaired) electrons. The van der Waals surface area contributed by atoms with Crippen LogP contribution in [0.4, 0.5) is 0 Å². The molecule has 0 aromatic heterocycles. The fourth-order valence-electron chi connectivity index (χ4n) is 2.93. The van der Waals surface area contributed by atoms with Crippen molar-refractivity contribution in [2.24, 2.45) is 11.7 Å². The van der Waals surface area contributed by atoms with Crippen LogP contribution in [0.3, 0.4) is 0 Å². The maximum absolute atomic E-state index is 10.2. The first-order valence-electron chi connectivity index (χ1n) is 8.22. The minimum Gasteiger partial charge on any atom is -0.508 e. The third-order valence-corrected chi connectivity index (χ3v) is 4.35. The number of rotatable bonds is 8. The molecule has 2 heteroatoms. The van der Waals surface area contributed by atoms with Crippen LogP contribution in [0.2, 0.25) is 0 Å². The zero-order valence-electron chi connectivity index (χ0n) is 13.4. The zero-order chi connectivity index (χ0) is 15.8. The Kier molecular flexibility index (Phi) is 6.47. The number of hydrogen-bond acceptors (Lipinski definition) is 2. The molecule has 118 valence electrons. The number of para-hydroxylation sites is 1. The molecule has 2 aromatic rings. The van der Waals surface area contributed by atoms with Crippen LogP contribution in [-0.4, -0.2) is 11.7 Å². The van der Waals surface area contributed by atoms with Crippen molar-refractivity contribution in [3.8, 4) is 5.75 Å². The van der Waals surface area contributed by atoms with Crippen LogP contribution in [0.15, 0.2) is 54.6 Å². The van der Waals surface area contributed by atoms with Crippen LogP contribution in [0.5, 0.6) is 5.75 Å². The summed E-state index contributed by atoms with van der Waals surface area (Å²) < 4.78 is 0. The first-order chi connectivity index (χ1) is 10.7. The molecule has 0 aliphatic rings. The van der Waals surface area contributed by atoms with E-state index in [4.69, 9.17) is 5.73 Å². The molecule has 0 fully saturated rings. The van der Waals surface area contributed by atoms with Crippen LogP contribution in [0, 0.1) is 5.92 Å². The highest BCUT2D eigenvalue weighted by Gasteiger charge is 2.16. The summed E-state index contributed by atoms with van der Waals surface area (Å²) in [6.07, 6.45) is 4.34. The van der Waals surface area contributed by atoms with E-state index in [1.165, 1.54) is 5.56 Å². The third-order valence-electron chi connectivity index (χ3n) is 4.35. The van der Waals surface area contributed by atoms with Gasteiger partial charge in [-0.15, -0.1) is 0 Å². The van der Waals surface area contributed by atoms with Crippen molar-refractivity contribution in [1.82, 2.24) is 0 Å². The number of nitrogens with two attached hydrogens (primary N) is 1. The topological polar surface area (TPSA) is 46.2 Å². The number of benzene rings is 2. The Balaban J connectivity index is 2.09. The molecular formula is C20H27NO. The summed E-state index contributed by atoms with van der Waals surface area (Å²) in [5, 5.41) is 10.2. The van der Waals surface area contributed by atoms with E-state index in [2.05, 4.69) is 37.3 Å². The molecule has 2 nitrogen and oxygen atoms in total. The van der Waals surface area contributed by atoms with E-state index in [1.54, 1.807) is 6.07 Å². The molecule has 2 unspecified atom stereocenters. The summed E-state index contributed by atoms with van der Waals surface area (Å²) in [5.41, 5.74) is 8.09. The smallest absolute Gasteiger partial charge is 0.119 e. The summed E-state index contributed by atoms with van der Waals surface area (Å²) in [7, 11) is 0. The van der Waals surface area contributed by atoms with E-state index in [0.29, 0.717) is 17.6 Å². The van der Waals surface area contributed by atoms with Crippen molar-refractivity contribution < 1.29 is 5.11 Å². The normalized spacial score (nSPS) is 13.7. The van der Waals surface area contributed by atoms with Gasteiger partial charge in [-0.3, -0.25) is 0 Å². The second-order valence-corrected chi connectivity index (χ2v) is 6.22. The second-order valence-electron chi connectivity index (χ2n) is 6.22. The van der Waals surface area contributed by atoms with E-state index in [1.807, 2.05) is 18.2 Å². The maximum atomic E-state index is 10.2. The lowest BCUT2D eigenvalue weighted by molar-refractivity contribution is 0.443. The second kappa shape index (κ2) is 8.60. The number of phenols is 1. The van der Waals surface area contributed by atoms with Gasteiger partial charge in [0.25, 0.3) is 0 Å². The SMILES string of the molecule is CC(CN)CCCC(Cc1ccccc1)c1ccccc1O. The first kappa shape index (κ1) is 16.6. The maximum Gasteiger partial charge on any atom is 0.119 e. The Hall–Kier alpha value is -1.80. The molecule has 3 N–H and O–H groups in total. The molecule has 2 rings (SSSR count). The van der Waals surface area contributed by atoms with Gasteiger partial charge in [-0.1, -0.05) is 61.9 Å². The van der Waals surface area contributed by atoms with E-state index >= 15 is 0 Å². The lowest BCUT2D eigenvalue weighted by atomic mass is 9.86. The Labute approximate surface area is 134 Å². The molecule has 2 atom stereocenters. The van der Waals surface area contributed by atoms with E-state index in [-0.39, 0.29) is 0 Å². The fraction of sp³-hybridized carbons (Fsp3) is 0.400. The monoisotopic (exact) mass is 297 g/mol. The summed E-state index contributed by atoms with van der Waals surface area (Å²) in [6.45, 7) is 2.95. The highest BCUT2D eigenvalue weighted by molar-refractivity contribution is 5.36. The number of hydrogen-bond donors (Lipinski definition) is 2. The van der Waals surface area contributed by atoms with Gasteiger partial charge in [-0.05, 0) is 54.8 Å². The molecule has 0 aliphatic heterocycles. The summed E-state index contributed by atoms with van der Waals surface area (Å²) in [6, 6.07) is 18.3. The standard InChI is InChI=1S/C20H27NO/c1-16(15-21)8-7-11-18(14-17-9-3-2-4-10-17)19-12-5-6-13-20(19)22/h2-6,9-10,12-13,16,18,22H,7-8,11,14-15,21H2,1H3. The highest BCUT2D eigenvalue weighted by Crippen LogP contribution is 2.32. The molecule has 0 saturated carbocycles. The average Bonchev–Trinajstić information content (AvgIpc) is 2.55. The zero-order valence-corrected chi connectivity index (χ0v) is 13.4. The lowest BCUT2D eigenvalue weighted by Crippen LogP contribution is -2.11. The first-order valence-corrected chi connectivity index (χ1v) is 8.22. The van der Waals surface area contributed by atoms with Crippen molar-refractivity contribution in [3.63, 3.8) is 0 Å². The molecular weight excluding hydrogens is 270 g/mol. The molecule has 0 amide bonds. The van der Waals surface area contributed by atoms with E-state index < -0.39 is 0 Å². The van der Waals surface area contributed by atoms with Crippen LogP contribution in [0.1, 0.15) is 43.2 Å². The third kappa shape index (κ3) is 4.88. The van der Waals surface area contributed by atoms with Gasteiger partial charge >= 0.3 is 0 Å². The Morgan fingerprint density at radius 2 is 1.64 bits per heavy atom. The van der Waals surface area contributed by atoms with E-state index in [0.717, 1.165) is 37.8 Å². The van der Waals surface area contributed by atoms with Crippen LogP contribution < -0.4 is 5.73 Å². The van der Waals surface area contributed by atoms with Crippen molar-refractivity contribution >= 4 is 0 Å². The van der Waals surface area contributed by atoms with Crippen LogP contribution in [-0.2, 0) is 6.42 Å². The van der Waals surface area contributed by atoms with Gasteiger partial charge in [0.2, 0.25) is 0 Å². The Morgan fingerprint density at radius 3 is 2.32 bits per heavy atom. The lowest BCUT2D eigenvalue weighted by Gasteiger charge is -2.19. The van der Waals surface area contributed by atoms with Gasteiger partial charge in [0, 0.05) is 0 Å². The largest absolute Gasteiger partial charge is 0.508 e. The minimum atomic E-state index is 0.355. The van der Waals surface area contributed by atoms with E-state index in [9.17, 15) is 5.11 Å². The van der Waals surface area contributed by atoms with Gasteiger partial charge in [-0.25, -0.2) is 0 Å². The average molecular weight is 297 g/mol. The van der Waals surface area contributed by atoms with Crippen LogP contribution in [0.25, 0.3) is 0 Å². The molecule has 2 aromatic carbocycles. The fourth-order valence-corrected chi connectivity index (χ4v) is 2.93. The van der Waals surface area contributed by atoms with Crippen molar-refractivity contribution in [2.75, 3.05) is 6.54 Å². The van der Waals surface area contributed by atoms with Gasteiger partial charge in [-0.2, -0.15) is 0 Å². The van der Waals surface area contributed by atoms with Gasteiger partial charge in [0.1, 0.15) is 5.75 Å². The van der Waals surface area contributed by atoms with Crippen molar-refractivity contribution in [3.05, 3.63) is 65.7 Å².